The fourth-order valence-corrected chi connectivity index (χ4v) is 1.08. The molecule has 80 valence electrons. The van der Waals surface area contributed by atoms with Gasteiger partial charge in [0.05, 0.1) is 18.4 Å². The van der Waals surface area contributed by atoms with Crippen LogP contribution in [0, 0.1) is 0 Å². The number of carbonyl (C=O) groups is 2. The highest BCUT2D eigenvalue weighted by Crippen LogP contribution is 2.25. The van der Waals surface area contributed by atoms with E-state index < -0.39 is 11.9 Å². The van der Waals surface area contributed by atoms with Gasteiger partial charge in [0.2, 0.25) is 0 Å². The Morgan fingerprint density at radius 3 is 2.53 bits per heavy atom. The SMILES string of the molecule is COC(=O)c1cccc(OC(C)=O)c1N. The summed E-state index contributed by atoms with van der Waals surface area (Å²) >= 11 is 0. The first kappa shape index (κ1) is 11.0. The smallest absolute Gasteiger partial charge is 0.340 e. The highest BCUT2D eigenvalue weighted by molar-refractivity contribution is 5.96. The van der Waals surface area contributed by atoms with Crippen molar-refractivity contribution in [3.8, 4) is 5.75 Å². The lowest BCUT2D eigenvalue weighted by molar-refractivity contribution is -0.131. The van der Waals surface area contributed by atoms with Crippen LogP contribution in [0.2, 0.25) is 0 Å². The molecule has 0 fully saturated rings. The minimum Gasteiger partial charge on any atom is -0.465 e. The highest BCUT2D eigenvalue weighted by Gasteiger charge is 2.14. The van der Waals surface area contributed by atoms with Crippen molar-refractivity contribution >= 4 is 17.6 Å². The molecule has 0 bridgehead atoms. The molecule has 0 unspecified atom stereocenters. The number of benzene rings is 1. The predicted molar refractivity (Wildman–Crippen MR) is 53.5 cm³/mol. The molecule has 5 heteroatoms. The van der Waals surface area contributed by atoms with Crippen molar-refractivity contribution in [3.63, 3.8) is 0 Å². The van der Waals surface area contributed by atoms with E-state index in [9.17, 15) is 9.59 Å². The van der Waals surface area contributed by atoms with E-state index in [0.717, 1.165) is 0 Å². The maximum atomic E-state index is 11.2. The molecule has 1 rings (SSSR count). The summed E-state index contributed by atoms with van der Waals surface area (Å²) in [7, 11) is 1.25. The number of hydrogen-bond acceptors (Lipinski definition) is 5. The topological polar surface area (TPSA) is 78.6 Å². The van der Waals surface area contributed by atoms with Gasteiger partial charge in [-0.3, -0.25) is 4.79 Å². The fraction of sp³-hybridized carbons (Fsp3) is 0.200. The van der Waals surface area contributed by atoms with Crippen molar-refractivity contribution in [2.75, 3.05) is 12.8 Å². The molecule has 0 spiro atoms. The van der Waals surface area contributed by atoms with Gasteiger partial charge in [-0.05, 0) is 12.1 Å². The summed E-state index contributed by atoms with van der Waals surface area (Å²) in [5.41, 5.74) is 5.90. The second-order valence-corrected chi connectivity index (χ2v) is 2.80. The summed E-state index contributed by atoms with van der Waals surface area (Å²) in [5.74, 6) is -0.907. The molecule has 0 amide bonds. The van der Waals surface area contributed by atoms with Crippen LogP contribution >= 0.6 is 0 Å². The van der Waals surface area contributed by atoms with Crippen LogP contribution in [0.1, 0.15) is 17.3 Å². The van der Waals surface area contributed by atoms with Crippen molar-refractivity contribution in [2.24, 2.45) is 0 Å². The minimum atomic E-state index is -0.568. The Morgan fingerprint density at radius 1 is 1.33 bits per heavy atom. The number of anilines is 1. The first-order valence-corrected chi connectivity index (χ1v) is 4.21. The fourth-order valence-electron chi connectivity index (χ4n) is 1.08. The van der Waals surface area contributed by atoms with Crippen LogP contribution in [0.25, 0.3) is 0 Å². The third-order valence-corrected chi connectivity index (χ3v) is 1.73. The molecule has 5 nitrogen and oxygen atoms in total. The van der Waals surface area contributed by atoms with Crippen LogP contribution in [0.5, 0.6) is 5.75 Å². The second-order valence-electron chi connectivity index (χ2n) is 2.80. The summed E-state index contributed by atoms with van der Waals surface area (Å²) < 4.78 is 9.33. The molecule has 1 aromatic carbocycles. The summed E-state index contributed by atoms with van der Waals surface area (Å²) in [6, 6.07) is 4.55. The predicted octanol–water partition coefficient (Wildman–Crippen LogP) is 0.981. The Balaban J connectivity index is 3.11. The molecule has 15 heavy (non-hydrogen) atoms. The van der Waals surface area contributed by atoms with E-state index in [-0.39, 0.29) is 17.0 Å². The van der Waals surface area contributed by atoms with Gasteiger partial charge in [0, 0.05) is 6.92 Å². The van der Waals surface area contributed by atoms with Crippen LogP contribution < -0.4 is 10.5 Å². The first-order chi connectivity index (χ1) is 7.06. The molecule has 2 N–H and O–H groups in total. The maximum absolute atomic E-state index is 11.2. The van der Waals surface area contributed by atoms with E-state index in [2.05, 4.69) is 4.74 Å². The number of carbonyl (C=O) groups excluding carboxylic acids is 2. The van der Waals surface area contributed by atoms with Crippen molar-refractivity contribution in [3.05, 3.63) is 23.8 Å². The highest BCUT2D eigenvalue weighted by atomic mass is 16.5. The Morgan fingerprint density at radius 2 is 2.00 bits per heavy atom. The lowest BCUT2D eigenvalue weighted by atomic mass is 10.1. The zero-order chi connectivity index (χ0) is 11.4. The number of methoxy groups -OCH3 is 1. The number of ether oxygens (including phenoxy) is 2. The average molecular weight is 209 g/mol. The van der Waals surface area contributed by atoms with Crippen LogP contribution in [0.15, 0.2) is 18.2 Å². The van der Waals surface area contributed by atoms with Crippen molar-refractivity contribution in [1.82, 2.24) is 0 Å². The maximum Gasteiger partial charge on any atom is 0.340 e. The largest absolute Gasteiger partial charge is 0.465 e. The Labute approximate surface area is 86.8 Å². The lowest BCUT2D eigenvalue weighted by Crippen LogP contribution is -2.09. The average Bonchev–Trinajstić information content (AvgIpc) is 2.19. The van der Waals surface area contributed by atoms with E-state index in [4.69, 9.17) is 10.5 Å². The molecule has 0 aliphatic rings. The molecular formula is C10H11NO4. The van der Waals surface area contributed by atoms with Crippen LogP contribution in [0.4, 0.5) is 5.69 Å². The second kappa shape index (κ2) is 4.45. The van der Waals surface area contributed by atoms with Gasteiger partial charge in [0.1, 0.15) is 0 Å². The summed E-state index contributed by atoms with van der Waals surface area (Å²) in [4.78, 5) is 22.0. The van der Waals surface area contributed by atoms with Gasteiger partial charge in [-0.2, -0.15) is 0 Å². The van der Waals surface area contributed by atoms with Gasteiger partial charge in [0.15, 0.2) is 5.75 Å². The van der Waals surface area contributed by atoms with Gasteiger partial charge in [-0.25, -0.2) is 4.79 Å². The number of hydrogen-bond donors (Lipinski definition) is 1. The third-order valence-electron chi connectivity index (χ3n) is 1.73. The van der Waals surface area contributed by atoms with Gasteiger partial charge in [0.25, 0.3) is 0 Å². The number of nitrogen functional groups attached to an aromatic ring is 1. The monoisotopic (exact) mass is 209 g/mol. The van der Waals surface area contributed by atoms with Gasteiger partial charge >= 0.3 is 11.9 Å². The van der Waals surface area contributed by atoms with E-state index in [0.29, 0.717) is 0 Å². The number of esters is 2. The van der Waals surface area contributed by atoms with Gasteiger partial charge < -0.3 is 15.2 Å². The van der Waals surface area contributed by atoms with Crippen LogP contribution in [0.3, 0.4) is 0 Å². The molecule has 0 radical (unpaired) electrons. The zero-order valence-electron chi connectivity index (χ0n) is 8.44. The minimum absolute atomic E-state index is 0.0968. The molecule has 0 saturated carbocycles. The number of nitrogens with two attached hydrogens (primary N) is 1. The molecule has 0 aromatic heterocycles. The standard InChI is InChI=1S/C10H11NO4/c1-6(12)15-8-5-3-4-7(9(8)11)10(13)14-2/h3-5H,11H2,1-2H3. The van der Waals surface area contributed by atoms with Crippen molar-refractivity contribution in [2.45, 2.75) is 6.92 Å². The van der Waals surface area contributed by atoms with Crippen molar-refractivity contribution < 1.29 is 19.1 Å². The molecule has 0 saturated heterocycles. The molecule has 0 atom stereocenters. The summed E-state index contributed by atoms with van der Waals surface area (Å²) in [5, 5.41) is 0. The summed E-state index contributed by atoms with van der Waals surface area (Å²) in [6.07, 6.45) is 0. The van der Waals surface area contributed by atoms with Gasteiger partial charge in [-0.15, -0.1) is 0 Å². The third kappa shape index (κ3) is 2.46. The quantitative estimate of drug-likeness (QED) is 0.446. The lowest BCUT2D eigenvalue weighted by Gasteiger charge is -2.08. The van der Waals surface area contributed by atoms with Crippen molar-refractivity contribution in [1.29, 1.82) is 0 Å². The molecular weight excluding hydrogens is 198 g/mol. The van der Waals surface area contributed by atoms with Crippen LogP contribution in [-0.4, -0.2) is 19.0 Å². The zero-order valence-corrected chi connectivity index (χ0v) is 8.44. The Kier molecular flexibility index (Phi) is 3.28. The van der Waals surface area contributed by atoms with E-state index >= 15 is 0 Å². The van der Waals surface area contributed by atoms with Crippen LogP contribution in [-0.2, 0) is 9.53 Å². The van der Waals surface area contributed by atoms with E-state index in [1.54, 1.807) is 6.07 Å². The Hall–Kier alpha value is -2.04. The number of para-hydroxylation sites is 1. The first-order valence-electron chi connectivity index (χ1n) is 4.21. The normalized spacial score (nSPS) is 9.47. The van der Waals surface area contributed by atoms with Gasteiger partial charge in [-0.1, -0.05) is 6.07 Å². The molecule has 1 aromatic rings. The van der Waals surface area contributed by atoms with E-state index in [1.165, 1.54) is 26.2 Å². The molecule has 0 aliphatic heterocycles. The summed E-state index contributed by atoms with van der Waals surface area (Å²) in [6.45, 7) is 1.25. The number of rotatable bonds is 2. The van der Waals surface area contributed by atoms with E-state index in [1.807, 2.05) is 0 Å². The molecule has 0 heterocycles. The molecule has 0 aliphatic carbocycles. The Bertz CT molecular complexity index is 400.